The number of rotatable bonds is 6. The molecule has 0 saturated heterocycles. The highest BCUT2D eigenvalue weighted by molar-refractivity contribution is 8.00. The van der Waals surface area contributed by atoms with E-state index in [-0.39, 0.29) is 10.8 Å². The molecule has 2 aromatic rings. The molecular weight excluding hydrogens is 350 g/mol. The molecule has 0 aliphatic heterocycles. The number of nitrogens with one attached hydrogen (secondary N) is 2. The average Bonchev–Trinajstić information content (AvgIpc) is 3.27. The number of carbonyl (C=O) groups excluding carboxylic acids is 1. The van der Waals surface area contributed by atoms with Crippen molar-refractivity contribution >= 4 is 33.4 Å². The summed E-state index contributed by atoms with van der Waals surface area (Å²) >= 11 is 1.26. The Labute approximate surface area is 143 Å². The van der Waals surface area contributed by atoms with Gasteiger partial charge in [-0.2, -0.15) is 0 Å². The van der Waals surface area contributed by atoms with E-state index >= 15 is 0 Å². The fraction of sp³-hybridized carbons (Fsp3) is 0.357. The smallest absolute Gasteiger partial charge is 0.238 e. The maximum atomic E-state index is 12.2. The lowest BCUT2D eigenvalue weighted by Gasteiger charge is -2.10. The molecule has 0 radical (unpaired) electrons. The molecule has 1 aromatic carbocycles. The molecule has 0 spiro atoms. The number of amides is 1. The number of nitrogens with zero attached hydrogens (tertiary/aromatic N) is 2. The number of primary sulfonamides is 1. The molecule has 1 aliphatic rings. The second-order valence-corrected chi connectivity index (χ2v) is 8.47. The van der Waals surface area contributed by atoms with Crippen molar-refractivity contribution in [2.75, 3.05) is 5.32 Å². The normalized spacial score (nSPS) is 15.9. The van der Waals surface area contributed by atoms with Crippen LogP contribution in [0.4, 0.5) is 5.69 Å². The molecule has 0 bridgehead atoms. The highest BCUT2D eigenvalue weighted by atomic mass is 32.2. The van der Waals surface area contributed by atoms with E-state index in [0.29, 0.717) is 16.8 Å². The van der Waals surface area contributed by atoms with Gasteiger partial charge in [-0.05, 0) is 44.0 Å². The van der Waals surface area contributed by atoms with Gasteiger partial charge in [-0.1, -0.05) is 11.8 Å². The number of aromatic nitrogens is 3. The average molecular weight is 367 g/mol. The van der Waals surface area contributed by atoms with E-state index in [1.807, 2.05) is 0 Å². The standard InChI is InChI=1S/C14H17N5O3S2/c1-8(23-14-17-12(18-19-14)9-2-3-9)13(20)16-10-4-6-11(7-5-10)24(15,21)22/h4-9H,2-3H2,1H3,(H,16,20)(H2,15,21,22)(H,17,18,19). The van der Waals surface area contributed by atoms with Crippen molar-refractivity contribution in [1.82, 2.24) is 15.2 Å². The molecule has 1 fully saturated rings. The predicted molar refractivity (Wildman–Crippen MR) is 90.1 cm³/mol. The van der Waals surface area contributed by atoms with Gasteiger partial charge in [0.2, 0.25) is 21.1 Å². The monoisotopic (exact) mass is 367 g/mol. The van der Waals surface area contributed by atoms with Gasteiger partial charge in [0.1, 0.15) is 5.82 Å². The lowest BCUT2D eigenvalue weighted by molar-refractivity contribution is -0.115. The second kappa shape index (κ2) is 6.54. The molecule has 1 heterocycles. The van der Waals surface area contributed by atoms with Crippen molar-refractivity contribution in [2.24, 2.45) is 5.14 Å². The minimum absolute atomic E-state index is 0.00347. The first-order chi connectivity index (χ1) is 11.3. The minimum Gasteiger partial charge on any atom is -0.325 e. The van der Waals surface area contributed by atoms with Gasteiger partial charge in [0.25, 0.3) is 0 Å². The number of H-pyrrole nitrogens is 1. The van der Waals surface area contributed by atoms with Crippen molar-refractivity contribution in [3.8, 4) is 0 Å². The molecular formula is C14H17N5O3S2. The van der Waals surface area contributed by atoms with Gasteiger partial charge >= 0.3 is 0 Å². The first kappa shape index (κ1) is 16.9. The third-order valence-corrected chi connectivity index (χ3v) is 5.44. The summed E-state index contributed by atoms with van der Waals surface area (Å²) in [7, 11) is -3.74. The van der Waals surface area contributed by atoms with Gasteiger partial charge in [-0.15, -0.1) is 5.10 Å². The molecule has 1 aromatic heterocycles. The van der Waals surface area contributed by atoms with E-state index in [4.69, 9.17) is 5.14 Å². The van der Waals surface area contributed by atoms with E-state index < -0.39 is 15.3 Å². The summed E-state index contributed by atoms with van der Waals surface area (Å²) in [6.45, 7) is 1.76. The van der Waals surface area contributed by atoms with Crippen LogP contribution in [0.3, 0.4) is 0 Å². The first-order valence-electron chi connectivity index (χ1n) is 7.35. The van der Waals surface area contributed by atoms with Crippen molar-refractivity contribution in [1.29, 1.82) is 0 Å². The quantitative estimate of drug-likeness (QED) is 0.662. The largest absolute Gasteiger partial charge is 0.325 e. The van der Waals surface area contributed by atoms with Crippen LogP contribution in [-0.4, -0.2) is 34.8 Å². The third-order valence-electron chi connectivity index (χ3n) is 3.55. The van der Waals surface area contributed by atoms with Crippen LogP contribution in [0.5, 0.6) is 0 Å². The van der Waals surface area contributed by atoms with Gasteiger partial charge in [0, 0.05) is 11.6 Å². The van der Waals surface area contributed by atoms with E-state index in [9.17, 15) is 13.2 Å². The topological polar surface area (TPSA) is 131 Å². The number of sulfonamides is 1. The molecule has 1 unspecified atom stereocenters. The molecule has 1 saturated carbocycles. The van der Waals surface area contributed by atoms with Crippen LogP contribution in [0.15, 0.2) is 34.3 Å². The lowest BCUT2D eigenvalue weighted by Crippen LogP contribution is -2.22. The fourth-order valence-electron chi connectivity index (χ4n) is 2.03. The minimum atomic E-state index is -3.74. The number of carbonyl (C=O) groups is 1. The van der Waals surface area contributed by atoms with Crippen molar-refractivity contribution in [3.63, 3.8) is 0 Å². The second-order valence-electron chi connectivity index (χ2n) is 5.60. The lowest BCUT2D eigenvalue weighted by atomic mass is 10.3. The van der Waals surface area contributed by atoms with E-state index in [1.54, 1.807) is 6.92 Å². The van der Waals surface area contributed by atoms with Crippen LogP contribution in [0.2, 0.25) is 0 Å². The molecule has 4 N–H and O–H groups in total. The Morgan fingerprint density at radius 2 is 2.04 bits per heavy atom. The number of thioether (sulfide) groups is 1. The van der Waals surface area contributed by atoms with E-state index in [1.165, 1.54) is 36.0 Å². The van der Waals surface area contributed by atoms with Gasteiger partial charge in [-0.25, -0.2) is 18.5 Å². The summed E-state index contributed by atoms with van der Waals surface area (Å²) < 4.78 is 22.4. The van der Waals surface area contributed by atoms with Crippen LogP contribution in [0, 0.1) is 0 Å². The Balaban J connectivity index is 1.58. The first-order valence-corrected chi connectivity index (χ1v) is 9.78. The zero-order valence-electron chi connectivity index (χ0n) is 12.9. The number of anilines is 1. The zero-order chi connectivity index (χ0) is 17.3. The Hall–Kier alpha value is -1.91. The molecule has 24 heavy (non-hydrogen) atoms. The molecule has 3 rings (SSSR count). The third kappa shape index (κ3) is 4.13. The number of nitrogens with two attached hydrogens (primary N) is 1. The van der Waals surface area contributed by atoms with Crippen LogP contribution >= 0.6 is 11.8 Å². The molecule has 1 atom stereocenters. The van der Waals surface area contributed by atoms with E-state index in [0.717, 1.165) is 18.7 Å². The maximum absolute atomic E-state index is 12.2. The van der Waals surface area contributed by atoms with Gasteiger partial charge in [0.15, 0.2) is 0 Å². The summed E-state index contributed by atoms with van der Waals surface area (Å²) in [6, 6.07) is 5.68. The summed E-state index contributed by atoms with van der Waals surface area (Å²) in [6.07, 6.45) is 2.26. The zero-order valence-corrected chi connectivity index (χ0v) is 14.5. The molecule has 128 valence electrons. The fourth-order valence-corrected chi connectivity index (χ4v) is 3.28. The van der Waals surface area contributed by atoms with Gasteiger partial charge in [-0.3, -0.25) is 9.89 Å². The van der Waals surface area contributed by atoms with Gasteiger partial charge < -0.3 is 5.32 Å². The Morgan fingerprint density at radius 3 is 2.62 bits per heavy atom. The summed E-state index contributed by atoms with van der Waals surface area (Å²) in [5.41, 5.74) is 0.494. The summed E-state index contributed by atoms with van der Waals surface area (Å²) in [4.78, 5) is 16.6. The predicted octanol–water partition coefficient (Wildman–Crippen LogP) is 1.45. The number of hydrogen-bond donors (Lipinski definition) is 3. The van der Waals surface area contributed by atoms with Gasteiger partial charge in [0.05, 0.1) is 10.1 Å². The Kier molecular flexibility index (Phi) is 4.61. The Bertz CT molecular complexity index is 844. The van der Waals surface area contributed by atoms with Crippen molar-refractivity contribution in [3.05, 3.63) is 30.1 Å². The molecule has 8 nitrogen and oxygen atoms in total. The highest BCUT2D eigenvalue weighted by Gasteiger charge is 2.27. The van der Waals surface area contributed by atoms with Crippen LogP contribution in [0.25, 0.3) is 0 Å². The number of hydrogen-bond acceptors (Lipinski definition) is 6. The van der Waals surface area contributed by atoms with Crippen LogP contribution in [0.1, 0.15) is 31.5 Å². The van der Waals surface area contributed by atoms with Crippen molar-refractivity contribution < 1.29 is 13.2 Å². The SMILES string of the molecule is CC(Sc1n[nH]c(C2CC2)n1)C(=O)Nc1ccc(S(N)(=O)=O)cc1. The van der Waals surface area contributed by atoms with Crippen LogP contribution < -0.4 is 10.5 Å². The van der Waals surface area contributed by atoms with E-state index in [2.05, 4.69) is 20.5 Å². The Morgan fingerprint density at radius 1 is 1.38 bits per heavy atom. The number of benzene rings is 1. The summed E-state index contributed by atoms with van der Waals surface area (Å²) in [5, 5.41) is 14.9. The highest BCUT2D eigenvalue weighted by Crippen LogP contribution is 2.38. The maximum Gasteiger partial charge on any atom is 0.238 e. The van der Waals surface area contributed by atoms with Crippen molar-refractivity contribution in [2.45, 2.75) is 41.0 Å². The summed E-state index contributed by atoms with van der Waals surface area (Å²) in [5.74, 6) is 1.14. The molecule has 1 amide bonds. The number of aromatic amines is 1. The molecule has 10 heteroatoms. The van der Waals surface area contributed by atoms with Crippen LogP contribution in [-0.2, 0) is 14.8 Å². The molecule has 1 aliphatic carbocycles.